The lowest BCUT2D eigenvalue weighted by Crippen LogP contribution is -2.55. The van der Waals surface area contributed by atoms with E-state index < -0.39 is 33.0 Å². The molecule has 0 fully saturated rings. The summed E-state index contributed by atoms with van der Waals surface area (Å²) >= 11 is 0. The summed E-state index contributed by atoms with van der Waals surface area (Å²) in [5.41, 5.74) is 4.83. The van der Waals surface area contributed by atoms with Crippen molar-refractivity contribution in [3.05, 3.63) is 12.2 Å². The molecule has 7 heteroatoms. The summed E-state index contributed by atoms with van der Waals surface area (Å²) in [6.45, 7) is 10.0. The van der Waals surface area contributed by atoms with Crippen LogP contribution in [0.4, 0.5) is 0 Å². The van der Waals surface area contributed by atoms with Crippen LogP contribution in [0.2, 0.25) is 0 Å². The fraction of sp³-hybridized carbons (Fsp3) is 0.769. The van der Waals surface area contributed by atoms with Gasteiger partial charge in [0.1, 0.15) is 0 Å². The zero-order chi connectivity index (χ0) is 16.1. The summed E-state index contributed by atoms with van der Waals surface area (Å²) in [6, 6.07) is 0. The summed E-state index contributed by atoms with van der Waals surface area (Å²) in [7, 11) is -4.27. The van der Waals surface area contributed by atoms with Gasteiger partial charge in [0.2, 0.25) is 0 Å². The van der Waals surface area contributed by atoms with Gasteiger partial charge in [0, 0.05) is 11.5 Å². The van der Waals surface area contributed by atoms with Crippen LogP contribution in [0.5, 0.6) is 0 Å². The topological polar surface area (TPSA) is 107 Å². The molecule has 0 amide bonds. The Morgan fingerprint density at radius 1 is 1.35 bits per heavy atom. The summed E-state index contributed by atoms with van der Waals surface area (Å²) in [5, 5.41) is -1.07. The summed E-state index contributed by atoms with van der Waals surface area (Å²) < 4.78 is 37.6. The van der Waals surface area contributed by atoms with Gasteiger partial charge in [0.05, 0.1) is 5.25 Å². The molecule has 3 N–H and O–H groups in total. The zero-order valence-electron chi connectivity index (χ0n) is 12.5. The van der Waals surface area contributed by atoms with E-state index in [0.29, 0.717) is 6.42 Å². The van der Waals surface area contributed by atoms with E-state index in [0.717, 1.165) is 0 Å². The van der Waals surface area contributed by atoms with Crippen molar-refractivity contribution < 1.29 is 22.5 Å². The molecule has 0 saturated heterocycles. The number of hydrogen-bond donors (Lipinski definition) is 2. The van der Waals surface area contributed by atoms with E-state index in [1.54, 1.807) is 20.8 Å². The number of carbonyl (C=O) groups is 1. The normalized spacial score (nSPS) is 17.9. The van der Waals surface area contributed by atoms with Gasteiger partial charge < -0.3 is 4.74 Å². The first kappa shape index (κ1) is 19.1. The Morgan fingerprint density at radius 3 is 2.10 bits per heavy atom. The van der Waals surface area contributed by atoms with Crippen molar-refractivity contribution in [2.24, 2.45) is 11.7 Å². The van der Waals surface area contributed by atoms with Gasteiger partial charge in [-0.15, -0.1) is 0 Å². The van der Waals surface area contributed by atoms with Crippen molar-refractivity contribution in [1.82, 2.24) is 0 Å². The van der Waals surface area contributed by atoms with Crippen LogP contribution in [0, 0.1) is 5.92 Å². The molecule has 20 heavy (non-hydrogen) atoms. The molecule has 3 unspecified atom stereocenters. The molecule has 118 valence electrons. The van der Waals surface area contributed by atoms with Crippen molar-refractivity contribution in [1.29, 1.82) is 0 Å². The van der Waals surface area contributed by atoms with E-state index in [9.17, 15) is 17.8 Å². The van der Waals surface area contributed by atoms with Gasteiger partial charge in [0.25, 0.3) is 10.1 Å². The lowest BCUT2D eigenvalue weighted by molar-refractivity contribution is -0.162. The minimum absolute atomic E-state index is 0.181. The molecule has 0 radical (unpaired) electrons. The van der Waals surface area contributed by atoms with Gasteiger partial charge in [-0.25, -0.2) is 4.79 Å². The Hall–Kier alpha value is -0.920. The third-order valence-electron chi connectivity index (χ3n) is 3.48. The van der Waals surface area contributed by atoms with Crippen molar-refractivity contribution in [2.75, 3.05) is 0 Å². The van der Waals surface area contributed by atoms with Crippen LogP contribution in [0.3, 0.4) is 0 Å². The van der Waals surface area contributed by atoms with Crippen molar-refractivity contribution in [2.45, 2.75) is 57.9 Å². The standard InChI is InChI=1S/C13H25NO5S/c1-6-10(11(7-2)20(16,17)18)13(14,8-3)19-12(15)9(4)5/h10-11H,4,6-8,14H2,1-3,5H3,(H,16,17,18). The molecule has 0 aromatic rings. The fourth-order valence-corrected chi connectivity index (χ4v) is 3.55. The minimum atomic E-state index is -4.27. The molecule has 0 aromatic carbocycles. The second kappa shape index (κ2) is 7.19. The molecule has 0 aromatic heterocycles. The van der Waals surface area contributed by atoms with Crippen molar-refractivity contribution >= 4 is 16.1 Å². The highest BCUT2D eigenvalue weighted by molar-refractivity contribution is 7.86. The number of esters is 1. The third kappa shape index (κ3) is 4.57. The third-order valence-corrected chi connectivity index (χ3v) is 4.91. The monoisotopic (exact) mass is 307 g/mol. The van der Waals surface area contributed by atoms with E-state index in [1.165, 1.54) is 6.92 Å². The Labute approximate surface area is 121 Å². The largest absolute Gasteiger partial charge is 0.440 e. The van der Waals surface area contributed by atoms with Crippen molar-refractivity contribution in [3.63, 3.8) is 0 Å². The highest BCUT2D eigenvalue weighted by Crippen LogP contribution is 2.32. The highest BCUT2D eigenvalue weighted by Gasteiger charge is 2.44. The first-order chi connectivity index (χ1) is 9.03. The fourth-order valence-electron chi connectivity index (χ4n) is 2.30. The maximum absolute atomic E-state index is 11.7. The molecule has 0 aliphatic carbocycles. The van der Waals surface area contributed by atoms with E-state index in [2.05, 4.69) is 6.58 Å². The Morgan fingerprint density at radius 2 is 1.85 bits per heavy atom. The Kier molecular flexibility index (Phi) is 6.86. The SMILES string of the molecule is C=C(C)C(=O)OC(N)(CC)C(CC)C(CC)S(=O)(=O)O. The summed E-state index contributed by atoms with van der Waals surface area (Å²) in [4.78, 5) is 11.7. The lowest BCUT2D eigenvalue weighted by Gasteiger charge is -2.38. The van der Waals surface area contributed by atoms with Crippen LogP contribution in [0.1, 0.15) is 47.0 Å². The number of ether oxygens (including phenoxy) is 1. The first-order valence-corrected chi connectivity index (χ1v) is 8.17. The maximum Gasteiger partial charge on any atom is 0.334 e. The van der Waals surface area contributed by atoms with Crippen LogP contribution in [0.25, 0.3) is 0 Å². The number of carbonyl (C=O) groups excluding carboxylic acids is 1. The average molecular weight is 307 g/mol. The maximum atomic E-state index is 11.7. The van der Waals surface area contributed by atoms with Gasteiger partial charge in [-0.1, -0.05) is 27.4 Å². The van der Waals surface area contributed by atoms with Gasteiger partial charge in [-0.2, -0.15) is 8.42 Å². The van der Waals surface area contributed by atoms with Crippen LogP contribution < -0.4 is 5.73 Å². The quantitative estimate of drug-likeness (QED) is 0.307. The predicted octanol–water partition coefficient (Wildman–Crippen LogP) is 1.86. The summed E-state index contributed by atoms with van der Waals surface area (Å²) in [5.74, 6) is -1.37. The minimum Gasteiger partial charge on any atom is -0.440 e. The number of hydrogen-bond acceptors (Lipinski definition) is 5. The second-order valence-corrected chi connectivity index (χ2v) is 6.59. The number of rotatable bonds is 8. The van der Waals surface area contributed by atoms with E-state index in [4.69, 9.17) is 10.5 Å². The molecule has 0 bridgehead atoms. The molecule has 0 aliphatic heterocycles. The Bertz CT molecular complexity index is 459. The van der Waals surface area contributed by atoms with E-state index in [-0.39, 0.29) is 18.4 Å². The predicted molar refractivity (Wildman–Crippen MR) is 77.5 cm³/mol. The van der Waals surface area contributed by atoms with Crippen LogP contribution in [-0.4, -0.2) is 29.9 Å². The first-order valence-electron chi connectivity index (χ1n) is 6.67. The van der Waals surface area contributed by atoms with Crippen LogP contribution >= 0.6 is 0 Å². The molecular formula is C13H25NO5S. The molecule has 0 saturated carbocycles. The van der Waals surface area contributed by atoms with Crippen molar-refractivity contribution in [3.8, 4) is 0 Å². The smallest absolute Gasteiger partial charge is 0.334 e. The molecule has 6 nitrogen and oxygen atoms in total. The second-order valence-electron chi connectivity index (χ2n) is 4.95. The number of nitrogens with two attached hydrogens (primary N) is 1. The lowest BCUT2D eigenvalue weighted by atomic mass is 9.87. The molecule has 0 rings (SSSR count). The van der Waals surface area contributed by atoms with Gasteiger partial charge in [-0.05, 0) is 26.2 Å². The molecular weight excluding hydrogens is 282 g/mol. The molecule has 0 aliphatic rings. The van der Waals surface area contributed by atoms with Gasteiger partial charge in [-0.3, -0.25) is 10.3 Å². The van der Waals surface area contributed by atoms with E-state index in [1.807, 2.05) is 0 Å². The zero-order valence-corrected chi connectivity index (χ0v) is 13.4. The molecule has 0 spiro atoms. The average Bonchev–Trinajstić information content (AvgIpc) is 2.33. The van der Waals surface area contributed by atoms with Crippen LogP contribution in [0.15, 0.2) is 12.2 Å². The van der Waals surface area contributed by atoms with E-state index >= 15 is 0 Å². The Balaban J connectivity index is 5.54. The van der Waals surface area contributed by atoms with Gasteiger partial charge in [0.15, 0.2) is 5.72 Å². The van der Waals surface area contributed by atoms with Gasteiger partial charge >= 0.3 is 5.97 Å². The molecule has 3 atom stereocenters. The molecule has 0 heterocycles. The highest BCUT2D eigenvalue weighted by atomic mass is 32.2. The van der Waals surface area contributed by atoms with Crippen LogP contribution in [-0.2, 0) is 19.6 Å². The summed E-state index contributed by atoms with van der Waals surface area (Å²) in [6.07, 6.45) is 0.767.